The van der Waals surface area contributed by atoms with E-state index in [9.17, 15) is 4.79 Å². The van der Waals surface area contributed by atoms with Crippen molar-refractivity contribution in [2.75, 3.05) is 0 Å². The molecule has 0 N–H and O–H groups in total. The number of fused-ring (bicyclic) bond motifs is 7. The van der Waals surface area contributed by atoms with Crippen LogP contribution in [0.1, 0.15) is 100 Å². The Morgan fingerprint density at radius 2 is 1.76 bits per heavy atom. The number of esters is 1. The van der Waals surface area contributed by atoms with Crippen molar-refractivity contribution < 1.29 is 9.53 Å². The van der Waals surface area contributed by atoms with Crippen LogP contribution >= 0.6 is 0 Å². The third-order valence-electron chi connectivity index (χ3n) is 12.6. The van der Waals surface area contributed by atoms with Gasteiger partial charge in [-0.05, 0) is 90.3 Å². The minimum absolute atomic E-state index is 0.00634. The predicted octanol–water partition coefficient (Wildman–Crippen LogP) is 8.29. The van der Waals surface area contributed by atoms with Crippen molar-refractivity contribution in [2.45, 2.75) is 106 Å². The van der Waals surface area contributed by atoms with E-state index in [1.807, 2.05) is 0 Å². The first-order valence-corrected chi connectivity index (χ1v) is 14.0. The van der Waals surface area contributed by atoms with Gasteiger partial charge in [-0.2, -0.15) is 0 Å². The maximum Gasteiger partial charge on any atom is 0.302 e. The number of carbonyl (C=O) groups is 1. The van der Waals surface area contributed by atoms with Crippen LogP contribution in [0, 0.1) is 50.7 Å². The molecule has 2 heteroatoms. The van der Waals surface area contributed by atoms with Crippen molar-refractivity contribution in [2.24, 2.45) is 50.7 Å². The fourth-order valence-corrected chi connectivity index (χ4v) is 10.3. The minimum atomic E-state index is -0.141. The average Bonchev–Trinajstić information content (AvgIpc) is 2.74. The van der Waals surface area contributed by atoms with E-state index in [0.29, 0.717) is 29.1 Å². The first-order chi connectivity index (χ1) is 15.7. The number of carbonyl (C=O) groups excluding carboxylic acids is 1. The van der Waals surface area contributed by atoms with Gasteiger partial charge in [0, 0.05) is 12.3 Å². The first kappa shape index (κ1) is 24.4. The first-order valence-electron chi connectivity index (χ1n) is 14.0. The van der Waals surface area contributed by atoms with Gasteiger partial charge >= 0.3 is 5.97 Å². The van der Waals surface area contributed by atoms with E-state index < -0.39 is 0 Å². The Kier molecular flexibility index (Phi) is 5.28. The van der Waals surface area contributed by atoms with Crippen molar-refractivity contribution in [1.29, 1.82) is 0 Å². The molecule has 0 bridgehead atoms. The Balaban J connectivity index is 1.57. The van der Waals surface area contributed by atoms with Gasteiger partial charge < -0.3 is 4.74 Å². The van der Waals surface area contributed by atoms with E-state index in [1.54, 1.807) is 12.5 Å². The number of ether oxygens (including phenoxy) is 1. The Morgan fingerprint density at radius 1 is 1.06 bits per heavy atom. The molecule has 3 fully saturated rings. The summed E-state index contributed by atoms with van der Waals surface area (Å²) < 4.78 is 5.87. The topological polar surface area (TPSA) is 26.3 Å². The monoisotopic (exact) mass is 464 g/mol. The molecule has 5 aliphatic carbocycles. The fourth-order valence-electron chi connectivity index (χ4n) is 10.3. The zero-order valence-corrected chi connectivity index (χ0v) is 23.1. The Bertz CT molecular complexity index is 969. The second-order valence-electron chi connectivity index (χ2n) is 14.4. The van der Waals surface area contributed by atoms with Gasteiger partial charge in [0.05, 0.1) is 0 Å². The molecule has 0 aromatic rings. The van der Waals surface area contributed by atoms with Crippen LogP contribution in [0.25, 0.3) is 0 Å². The lowest BCUT2D eigenvalue weighted by Gasteiger charge is -2.69. The van der Waals surface area contributed by atoms with Gasteiger partial charge in [-0.25, -0.2) is 0 Å². The van der Waals surface area contributed by atoms with Gasteiger partial charge in [0.1, 0.15) is 6.10 Å². The molecule has 0 radical (unpaired) electrons. The highest BCUT2D eigenvalue weighted by atomic mass is 16.5. The number of rotatable bonds is 1. The second kappa shape index (κ2) is 7.36. The second-order valence-corrected chi connectivity index (χ2v) is 14.4. The van der Waals surface area contributed by atoms with E-state index in [-0.39, 0.29) is 33.7 Å². The zero-order valence-electron chi connectivity index (χ0n) is 23.1. The number of hydrogen-bond donors (Lipinski definition) is 0. The molecule has 0 aromatic heterocycles. The lowest BCUT2D eigenvalue weighted by Crippen LogP contribution is -2.63. The SMILES string of the molecule is C=C1CCC2(C)CCC3(C)C(=CCC4C5(C)CCC(OC(C)=O)C(C)(C)C5C=CC43C)C2C1C. The van der Waals surface area contributed by atoms with Gasteiger partial charge in [0.2, 0.25) is 0 Å². The molecule has 3 saturated carbocycles. The molecule has 0 heterocycles. The highest BCUT2D eigenvalue weighted by molar-refractivity contribution is 5.66. The standard InChI is InChI=1S/C32H48O2/c1-20-12-15-29(6)18-19-31(8)23(27(29)21(20)2)10-11-25-30(7)16-14-26(34-22(3)33)28(4,5)24(30)13-17-32(25,31)9/h10,13,17,21,24-27H,1,11-12,14-16,18-19H2,2-9H3. The highest BCUT2D eigenvalue weighted by Gasteiger charge is 2.66. The van der Waals surface area contributed by atoms with E-state index in [4.69, 9.17) is 4.74 Å². The largest absolute Gasteiger partial charge is 0.462 e. The van der Waals surface area contributed by atoms with Crippen LogP contribution in [0.4, 0.5) is 0 Å². The van der Waals surface area contributed by atoms with E-state index in [1.165, 1.54) is 37.7 Å². The van der Waals surface area contributed by atoms with Gasteiger partial charge in [-0.3, -0.25) is 4.79 Å². The molecule has 9 unspecified atom stereocenters. The fraction of sp³-hybridized carbons (Fsp3) is 0.781. The molecule has 0 saturated heterocycles. The van der Waals surface area contributed by atoms with Crippen LogP contribution in [0.15, 0.2) is 36.0 Å². The molecular weight excluding hydrogens is 416 g/mol. The van der Waals surface area contributed by atoms with Gasteiger partial charge in [0.25, 0.3) is 0 Å². The zero-order chi connectivity index (χ0) is 24.9. The number of allylic oxidation sites excluding steroid dienone is 5. The maximum absolute atomic E-state index is 11.9. The van der Waals surface area contributed by atoms with Gasteiger partial charge in [-0.1, -0.05) is 84.4 Å². The third kappa shape index (κ3) is 2.95. The van der Waals surface area contributed by atoms with Crippen molar-refractivity contribution in [3.63, 3.8) is 0 Å². The summed E-state index contributed by atoms with van der Waals surface area (Å²) >= 11 is 0. The Labute approximate surface area is 208 Å². The average molecular weight is 465 g/mol. The van der Waals surface area contributed by atoms with Crippen molar-refractivity contribution in [3.05, 3.63) is 36.0 Å². The molecular formula is C32H48O2. The summed E-state index contributed by atoms with van der Waals surface area (Å²) in [5, 5.41) is 0. The van der Waals surface area contributed by atoms with Crippen molar-refractivity contribution in [3.8, 4) is 0 Å². The Hall–Kier alpha value is -1.31. The molecule has 5 aliphatic rings. The lowest BCUT2D eigenvalue weighted by molar-refractivity contribution is -0.178. The van der Waals surface area contributed by atoms with Gasteiger partial charge in [-0.15, -0.1) is 0 Å². The van der Waals surface area contributed by atoms with E-state index in [2.05, 4.69) is 73.3 Å². The normalized spacial score (nSPS) is 51.4. The van der Waals surface area contributed by atoms with Gasteiger partial charge in [0.15, 0.2) is 0 Å². The molecule has 34 heavy (non-hydrogen) atoms. The summed E-state index contributed by atoms with van der Waals surface area (Å²) in [7, 11) is 0. The molecule has 5 rings (SSSR count). The summed E-state index contributed by atoms with van der Waals surface area (Å²) in [6.45, 7) is 23.5. The highest BCUT2D eigenvalue weighted by Crippen LogP contribution is 2.74. The van der Waals surface area contributed by atoms with Crippen LogP contribution in [0.3, 0.4) is 0 Å². The molecule has 9 atom stereocenters. The summed E-state index contributed by atoms with van der Waals surface area (Å²) in [6, 6.07) is 0. The maximum atomic E-state index is 11.9. The van der Waals surface area contributed by atoms with Crippen LogP contribution in [-0.2, 0) is 9.53 Å². The van der Waals surface area contributed by atoms with Crippen molar-refractivity contribution >= 4 is 5.97 Å². The minimum Gasteiger partial charge on any atom is -0.462 e. The molecule has 0 aromatic carbocycles. The lowest BCUT2D eigenvalue weighted by atomic mass is 9.35. The summed E-state index contributed by atoms with van der Waals surface area (Å²) in [6.07, 6.45) is 16.4. The Morgan fingerprint density at radius 3 is 2.44 bits per heavy atom. The van der Waals surface area contributed by atoms with Crippen LogP contribution < -0.4 is 0 Å². The van der Waals surface area contributed by atoms with Crippen LogP contribution in [0.2, 0.25) is 0 Å². The van der Waals surface area contributed by atoms with Crippen molar-refractivity contribution in [1.82, 2.24) is 0 Å². The smallest absolute Gasteiger partial charge is 0.302 e. The number of hydrogen-bond acceptors (Lipinski definition) is 2. The molecule has 0 amide bonds. The predicted molar refractivity (Wildman–Crippen MR) is 140 cm³/mol. The molecule has 2 nitrogen and oxygen atoms in total. The van der Waals surface area contributed by atoms with E-state index >= 15 is 0 Å². The molecule has 0 spiro atoms. The van der Waals surface area contributed by atoms with Crippen LogP contribution in [-0.4, -0.2) is 12.1 Å². The quantitative estimate of drug-likeness (QED) is 0.288. The summed E-state index contributed by atoms with van der Waals surface area (Å²) in [5.74, 6) is 2.13. The third-order valence-corrected chi connectivity index (χ3v) is 12.6. The molecule has 0 aliphatic heterocycles. The summed E-state index contributed by atoms with van der Waals surface area (Å²) in [4.78, 5) is 11.9. The van der Waals surface area contributed by atoms with Crippen LogP contribution in [0.5, 0.6) is 0 Å². The molecule has 188 valence electrons. The summed E-state index contributed by atoms with van der Waals surface area (Å²) in [5.41, 5.74) is 4.17. The van der Waals surface area contributed by atoms with E-state index in [0.717, 1.165) is 12.8 Å².